The highest BCUT2D eigenvalue weighted by Crippen LogP contribution is 2.33. The van der Waals surface area contributed by atoms with Crippen molar-refractivity contribution in [2.75, 3.05) is 11.4 Å². The molecule has 1 aromatic heterocycles. The van der Waals surface area contributed by atoms with Crippen LogP contribution < -0.4 is 4.90 Å². The summed E-state index contributed by atoms with van der Waals surface area (Å²) >= 11 is 5.81. The number of carboxylic acid groups (broad SMARTS) is 1. The van der Waals surface area contributed by atoms with E-state index in [-0.39, 0.29) is 16.3 Å². The molecular formula is C12H15ClN2O2. The third kappa shape index (κ3) is 2.22. The lowest BCUT2D eigenvalue weighted by Gasteiger charge is -2.32. The van der Waals surface area contributed by atoms with Crippen LogP contribution in [0.4, 0.5) is 5.82 Å². The fourth-order valence-electron chi connectivity index (χ4n) is 2.26. The van der Waals surface area contributed by atoms with E-state index in [1.807, 2.05) is 0 Å². The van der Waals surface area contributed by atoms with E-state index >= 15 is 0 Å². The van der Waals surface area contributed by atoms with Gasteiger partial charge in [0, 0.05) is 12.1 Å². The Bertz CT molecular complexity index is 460. The summed E-state index contributed by atoms with van der Waals surface area (Å²) in [7, 11) is 0. The molecule has 0 unspecified atom stereocenters. The SMILES string of the molecule is CC1(C)CCCN1c1ccc(Cl)c(C(=O)O)n1. The Morgan fingerprint density at radius 1 is 1.53 bits per heavy atom. The summed E-state index contributed by atoms with van der Waals surface area (Å²) in [5.41, 5.74) is -0.0526. The zero-order valence-corrected chi connectivity index (χ0v) is 10.7. The van der Waals surface area contributed by atoms with E-state index in [1.165, 1.54) is 0 Å². The molecule has 2 heterocycles. The summed E-state index contributed by atoms with van der Waals surface area (Å²) < 4.78 is 0. The number of halogens is 1. The van der Waals surface area contributed by atoms with E-state index in [0.717, 1.165) is 19.4 Å². The Morgan fingerprint density at radius 3 is 2.76 bits per heavy atom. The number of aromatic carboxylic acids is 1. The Hall–Kier alpha value is -1.29. The molecule has 0 atom stereocenters. The molecule has 92 valence electrons. The predicted octanol–water partition coefficient (Wildman–Crippen LogP) is 2.81. The van der Waals surface area contributed by atoms with Gasteiger partial charge in [-0.05, 0) is 38.8 Å². The number of carbonyl (C=O) groups is 1. The van der Waals surface area contributed by atoms with Gasteiger partial charge in [0.15, 0.2) is 5.69 Å². The summed E-state index contributed by atoms with van der Waals surface area (Å²) in [4.78, 5) is 17.3. The molecule has 2 rings (SSSR count). The van der Waals surface area contributed by atoms with Crippen LogP contribution in [0.2, 0.25) is 5.02 Å². The standard InChI is InChI=1S/C12H15ClN2O2/c1-12(2)6-3-7-15(12)9-5-4-8(13)10(14-9)11(16)17/h4-5H,3,6-7H2,1-2H3,(H,16,17). The van der Waals surface area contributed by atoms with Crippen molar-refractivity contribution in [3.05, 3.63) is 22.8 Å². The molecule has 5 heteroatoms. The zero-order chi connectivity index (χ0) is 12.6. The Balaban J connectivity index is 2.40. The van der Waals surface area contributed by atoms with Crippen LogP contribution in [0.1, 0.15) is 37.2 Å². The highest BCUT2D eigenvalue weighted by atomic mass is 35.5. The highest BCUT2D eigenvalue weighted by Gasteiger charge is 2.33. The molecule has 1 aliphatic heterocycles. The summed E-state index contributed by atoms with van der Waals surface area (Å²) in [6.07, 6.45) is 2.18. The van der Waals surface area contributed by atoms with Crippen LogP contribution >= 0.6 is 11.6 Å². The largest absolute Gasteiger partial charge is 0.476 e. The van der Waals surface area contributed by atoms with Crippen LogP contribution in [-0.4, -0.2) is 28.1 Å². The molecule has 1 saturated heterocycles. The molecule has 0 bridgehead atoms. The third-order valence-electron chi connectivity index (χ3n) is 3.21. The first-order valence-corrected chi connectivity index (χ1v) is 5.97. The molecule has 0 amide bonds. The lowest BCUT2D eigenvalue weighted by molar-refractivity contribution is 0.0690. The van der Waals surface area contributed by atoms with Crippen LogP contribution in [0, 0.1) is 0 Å². The number of anilines is 1. The van der Waals surface area contributed by atoms with Gasteiger partial charge in [0.1, 0.15) is 5.82 Å². The number of hydrogen-bond acceptors (Lipinski definition) is 3. The molecule has 0 spiro atoms. The second kappa shape index (κ2) is 4.18. The second-order valence-electron chi connectivity index (χ2n) is 4.87. The number of pyridine rings is 1. The van der Waals surface area contributed by atoms with E-state index in [0.29, 0.717) is 5.82 Å². The van der Waals surface area contributed by atoms with Crippen LogP contribution in [0.3, 0.4) is 0 Å². The average Bonchev–Trinajstić information content (AvgIpc) is 2.58. The summed E-state index contributed by atoms with van der Waals surface area (Å²) in [5.74, 6) is -0.400. The van der Waals surface area contributed by atoms with E-state index in [1.54, 1.807) is 12.1 Å². The van der Waals surface area contributed by atoms with Crippen LogP contribution in [0.15, 0.2) is 12.1 Å². The van der Waals surface area contributed by atoms with Crippen LogP contribution in [0.25, 0.3) is 0 Å². The molecule has 1 fully saturated rings. The molecule has 0 aromatic carbocycles. The van der Waals surface area contributed by atoms with Crippen molar-refractivity contribution < 1.29 is 9.90 Å². The molecule has 4 nitrogen and oxygen atoms in total. The number of carboxylic acids is 1. The Morgan fingerprint density at radius 2 is 2.24 bits per heavy atom. The van der Waals surface area contributed by atoms with Gasteiger partial charge in [0.25, 0.3) is 0 Å². The first kappa shape index (κ1) is 12.2. The smallest absolute Gasteiger partial charge is 0.356 e. The van der Waals surface area contributed by atoms with Crippen molar-refractivity contribution in [1.29, 1.82) is 0 Å². The van der Waals surface area contributed by atoms with Gasteiger partial charge in [-0.3, -0.25) is 0 Å². The van der Waals surface area contributed by atoms with Crippen LogP contribution in [-0.2, 0) is 0 Å². The van der Waals surface area contributed by atoms with Crippen LogP contribution in [0.5, 0.6) is 0 Å². The van der Waals surface area contributed by atoms with Crippen molar-refractivity contribution in [3.8, 4) is 0 Å². The Labute approximate surface area is 105 Å². The molecular weight excluding hydrogens is 240 g/mol. The van der Waals surface area contributed by atoms with Crippen molar-refractivity contribution in [2.24, 2.45) is 0 Å². The molecule has 1 N–H and O–H groups in total. The monoisotopic (exact) mass is 254 g/mol. The minimum atomic E-state index is -1.09. The molecule has 17 heavy (non-hydrogen) atoms. The molecule has 1 aromatic rings. The van der Waals surface area contributed by atoms with Gasteiger partial charge >= 0.3 is 5.97 Å². The van der Waals surface area contributed by atoms with Gasteiger partial charge in [-0.15, -0.1) is 0 Å². The van der Waals surface area contributed by atoms with Gasteiger partial charge in [-0.25, -0.2) is 9.78 Å². The minimum Gasteiger partial charge on any atom is -0.476 e. The topological polar surface area (TPSA) is 53.4 Å². The number of hydrogen-bond donors (Lipinski definition) is 1. The summed E-state index contributed by atoms with van der Waals surface area (Å²) in [6, 6.07) is 3.38. The Kier molecular flexibility index (Phi) is 3.00. The van der Waals surface area contributed by atoms with E-state index in [4.69, 9.17) is 16.7 Å². The van der Waals surface area contributed by atoms with E-state index in [9.17, 15) is 4.79 Å². The summed E-state index contributed by atoms with van der Waals surface area (Å²) in [5, 5.41) is 9.18. The second-order valence-corrected chi connectivity index (χ2v) is 5.28. The maximum Gasteiger partial charge on any atom is 0.356 e. The fourth-order valence-corrected chi connectivity index (χ4v) is 2.45. The number of rotatable bonds is 2. The number of aromatic nitrogens is 1. The van der Waals surface area contributed by atoms with Crippen molar-refractivity contribution in [2.45, 2.75) is 32.2 Å². The molecule has 0 radical (unpaired) electrons. The maximum atomic E-state index is 11.0. The van der Waals surface area contributed by atoms with Crippen molar-refractivity contribution in [1.82, 2.24) is 4.98 Å². The normalized spacial score (nSPS) is 18.4. The zero-order valence-electron chi connectivity index (χ0n) is 9.90. The first-order valence-electron chi connectivity index (χ1n) is 5.59. The van der Waals surface area contributed by atoms with Gasteiger partial charge in [-0.1, -0.05) is 11.6 Å². The van der Waals surface area contributed by atoms with Gasteiger partial charge in [-0.2, -0.15) is 0 Å². The lowest BCUT2D eigenvalue weighted by atomic mass is 10.0. The highest BCUT2D eigenvalue weighted by molar-refractivity contribution is 6.33. The average molecular weight is 255 g/mol. The molecule has 0 aliphatic carbocycles. The predicted molar refractivity (Wildman–Crippen MR) is 66.9 cm³/mol. The van der Waals surface area contributed by atoms with E-state index in [2.05, 4.69) is 23.7 Å². The quantitative estimate of drug-likeness (QED) is 0.882. The fraction of sp³-hybridized carbons (Fsp3) is 0.500. The lowest BCUT2D eigenvalue weighted by Crippen LogP contribution is -2.38. The number of nitrogens with zero attached hydrogens (tertiary/aromatic N) is 2. The van der Waals surface area contributed by atoms with Gasteiger partial charge in [0.05, 0.1) is 5.02 Å². The first-order chi connectivity index (χ1) is 7.92. The van der Waals surface area contributed by atoms with E-state index < -0.39 is 5.97 Å². The minimum absolute atomic E-state index is 0.0244. The van der Waals surface area contributed by atoms with Gasteiger partial charge < -0.3 is 10.0 Å². The maximum absolute atomic E-state index is 11.0. The van der Waals surface area contributed by atoms with Crippen molar-refractivity contribution in [3.63, 3.8) is 0 Å². The van der Waals surface area contributed by atoms with Gasteiger partial charge in [0.2, 0.25) is 0 Å². The van der Waals surface area contributed by atoms with Crippen molar-refractivity contribution >= 4 is 23.4 Å². The molecule has 0 saturated carbocycles. The molecule has 1 aliphatic rings. The summed E-state index contributed by atoms with van der Waals surface area (Å²) in [6.45, 7) is 5.17. The third-order valence-corrected chi connectivity index (χ3v) is 3.52.